The predicted molar refractivity (Wildman–Crippen MR) is 154 cm³/mol. The van der Waals surface area contributed by atoms with Gasteiger partial charge in [-0.25, -0.2) is 9.07 Å². The van der Waals surface area contributed by atoms with Gasteiger partial charge in [0.15, 0.2) is 0 Å². The highest BCUT2D eigenvalue weighted by molar-refractivity contribution is 6.01. The minimum absolute atomic E-state index is 0.0605. The van der Waals surface area contributed by atoms with Crippen molar-refractivity contribution in [2.75, 3.05) is 23.9 Å². The van der Waals surface area contributed by atoms with Crippen LogP contribution in [0.2, 0.25) is 0 Å². The Balaban J connectivity index is 1.68. The molecule has 1 aliphatic rings. The number of hydrogen-bond donors (Lipinski definition) is 2. The van der Waals surface area contributed by atoms with Crippen LogP contribution in [0.25, 0.3) is 10.9 Å². The van der Waals surface area contributed by atoms with Crippen LogP contribution < -0.4 is 10.6 Å². The van der Waals surface area contributed by atoms with Gasteiger partial charge in [-0.1, -0.05) is 38.1 Å². The van der Waals surface area contributed by atoms with Gasteiger partial charge in [-0.15, -0.1) is 5.10 Å². The number of aromatic nitrogens is 4. The molecule has 4 aromatic rings. The molecule has 2 heterocycles. The molecule has 0 amide bonds. The average Bonchev–Trinajstić information content (AvgIpc) is 3.61. The highest BCUT2D eigenvalue weighted by Gasteiger charge is 2.46. The van der Waals surface area contributed by atoms with Gasteiger partial charge in [0.25, 0.3) is 0 Å². The summed E-state index contributed by atoms with van der Waals surface area (Å²) < 4.78 is 15.4. The normalized spacial score (nSPS) is 14.5. The molecule has 206 valence electrons. The highest BCUT2D eigenvalue weighted by Crippen LogP contribution is 2.44. The standard InChI is InChI=1S/C31H30FN9/c1-19-21(13-34)6-5-7-23(19)29(26-16-41(40-39-26)31(17-32)8-9-31)38-25-11-20(12-33)10-24-27(37-18-30(2,3)4)22(14-35)15-36-28(24)25/h5-7,10-11,15-16,29,38H,8-9,17-18H2,1-4H3,(H,36,37)/t29-/m0/s1. The molecule has 0 radical (unpaired) electrons. The Kier molecular flexibility index (Phi) is 7.07. The van der Waals surface area contributed by atoms with Gasteiger partial charge in [-0.2, -0.15) is 15.8 Å². The fourth-order valence-electron chi connectivity index (χ4n) is 4.87. The molecule has 0 aliphatic heterocycles. The summed E-state index contributed by atoms with van der Waals surface area (Å²) >= 11 is 0. The van der Waals surface area contributed by atoms with Gasteiger partial charge in [0, 0.05) is 18.1 Å². The lowest BCUT2D eigenvalue weighted by Crippen LogP contribution is -2.20. The highest BCUT2D eigenvalue weighted by atomic mass is 19.1. The Hall–Kier alpha value is -5.01. The van der Waals surface area contributed by atoms with Crippen molar-refractivity contribution in [1.29, 1.82) is 15.8 Å². The topological polar surface area (TPSA) is 139 Å². The Morgan fingerprint density at radius 3 is 2.49 bits per heavy atom. The number of nitrogens with zero attached hydrogens (tertiary/aromatic N) is 7. The third-order valence-electron chi connectivity index (χ3n) is 7.49. The first-order valence-electron chi connectivity index (χ1n) is 13.4. The van der Waals surface area contributed by atoms with Crippen LogP contribution in [0, 0.1) is 46.3 Å². The average molecular weight is 548 g/mol. The molecule has 9 nitrogen and oxygen atoms in total. The van der Waals surface area contributed by atoms with Crippen LogP contribution in [0.5, 0.6) is 0 Å². The van der Waals surface area contributed by atoms with Crippen LogP contribution in [0.3, 0.4) is 0 Å². The van der Waals surface area contributed by atoms with E-state index < -0.39 is 18.3 Å². The number of nitrogens with one attached hydrogen (secondary N) is 2. The van der Waals surface area contributed by atoms with Crippen molar-refractivity contribution in [3.05, 3.63) is 76.2 Å². The largest absolute Gasteiger partial charge is 0.383 e. The van der Waals surface area contributed by atoms with Gasteiger partial charge in [-0.3, -0.25) is 4.98 Å². The van der Waals surface area contributed by atoms with Crippen molar-refractivity contribution < 1.29 is 4.39 Å². The molecule has 0 spiro atoms. The number of benzene rings is 2. The maximum atomic E-state index is 13.8. The summed E-state index contributed by atoms with van der Waals surface area (Å²) in [5.74, 6) is 0. The number of hydrogen-bond acceptors (Lipinski definition) is 8. The Morgan fingerprint density at radius 1 is 1.10 bits per heavy atom. The van der Waals surface area contributed by atoms with Crippen molar-refractivity contribution in [2.45, 2.75) is 52.1 Å². The maximum absolute atomic E-state index is 13.8. The van der Waals surface area contributed by atoms with Gasteiger partial charge in [0.05, 0.1) is 63.5 Å². The first kappa shape index (κ1) is 27.6. The summed E-state index contributed by atoms with van der Waals surface area (Å²) in [6, 6.07) is 15.0. The van der Waals surface area contributed by atoms with E-state index in [0.29, 0.717) is 64.0 Å². The summed E-state index contributed by atoms with van der Waals surface area (Å²) in [5, 5.41) is 45.7. The van der Waals surface area contributed by atoms with Crippen molar-refractivity contribution in [1.82, 2.24) is 20.0 Å². The number of halogens is 1. The van der Waals surface area contributed by atoms with Crippen LogP contribution >= 0.6 is 0 Å². The van der Waals surface area contributed by atoms with E-state index in [4.69, 9.17) is 0 Å². The van der Waals surface area contributed by atoms with Crippen LogP contribution in [0.1, 0.15) is 73.2 Å². The maximum Gasteiger partial charge on any atom is 0.115 e. The molecule has 1 fully saturated rings. The van der Waals surface area contributed by atoms with E-state index in [2.05, 4.69) is 64.9 Å². The van der Waals surface area contributed by atoms with Gasteiger partial charge < -0.3 is 10.6 Å². The van der Waals surface area contributed by atoms with Crippen molar-refractivity contribution >= 4 is 22.3 Å². The number of rotatable bonds is 8. The molecular formula is C31H30FN9. The van der Waals surface area contributed by atoms with E-state index in [-0.39, 0.29) is 5.41 Å². The summed E-state index contributed by atoms with van der Waals surface area (Å²) in [7, 11) is 0. The zero-order valence-electron chi connectivity index (χ0n) is 23.5. The minimum Gasteiger partial charge on any atom is -0.383 e. The summed E-state index contributed by atoms with van der Waals surface area (Å²) in [4.78, 5) is 4.62. The fourth-order valence-corrected chi connectivity index (χ4v) is 4.87. The molecule has 41 heavy (non-hydrogen) atoms. The summed E-state index contributed by atoms with van der Waals surface area (Å²) in [6.45, 7) is 8.21. The molecule has 0 saturated heterocycles. The first-order valence-corrected chi connectivity index (χ1v) is 13.4. The van der Waals surface area contributed by atoms with Crippen molar-refractivity contribution in [3.63, 3.8) is 0 Å². The van der Waals surface area contributed by atoms with E-state index in [0.717, 1.165) is 11.1 Å². The Morgan fingerprint density at radius 2 is 1.85 bits per heavy atom. The van der Waals surface area contributed by atoms with Gasteiger partial charge in [0.2, 0.25) is 0 Å². The van der Waals surface area contributed by atoms with Crippen LogP contribution in [0.4, 0.5) is 15.8 Å². The second-order valence-corrected chi connectivity index (χ2v) is 11.8. The molecule has 2 N–H and O–H groups in total. The summed E-state index contributed by atoms with van der Waals surface area (Å²) in [6.07, 6.45) is 4.65. The Labute approximate surface area is 238 Å². The lowest BCUT2D eigenvalue weighted by atomic mass is 9.94. The molecular weight excluding hydrogens is 517 g/mol. The lowest BCUT2D eigenvalue weighted by Gasteiger charge is -2.23. The SMILES string of the molecule is Cc1c(C#N)cccc1[C@H](Nc1cc(C#N)cc2c(NCC(C)(C)C)c(C#N)cnc12)c1cn(C2(CF)CC2)nn1. The monoisotopic (exact) mass is 547 g/mol. The fraction of sp³-hybridized carbons (Fsp3) is 0.355. The molecule has 5 rings (SSSR count). The lowest BCUT2D eigenvalue weighted by molar-refractivity contribution is 0.309. The second-order valence-electron chi connectivity index (χ2n) is 11.8. The molecule has 0 unspecified atom stereocenters. The quantitative estimate of drug-likeness (QED) is 0.279. The third kappa shape index (κ3) is 5.27. The van der Waals surface area contributed by atoms with Crippen LogP contribution in [-0.2, 0) is 5.54 Å². The van der Waals surface area contributed by atoms with E-state index in [1.165, 1.54) is 6.20 Å². The number of anilines is 2. The van der Waals surface area contributed by atoms with Gasteiger partial charge >= 0.3 is 0 Å². The third-order valence-corrected chi connectivity index (χ3v) is 7.49. The van der Waals surface area contributed by atoms with Gasteiger partial charge in [0.1, 0.15) is 18.4 Å². The molecule has 2 aromatic heterocycles. The van der Waals surface area contributed by atoms with Crippen LogP contribution in [-0.4, -0.2) is 33.2 Å². The predicted octanol–water partition coefficient (Wildman–Crippen LogP) is 5.87. The summed E-state index contributed by atoms with van der Waals surface area (Å²) in [5.41, 5.74) is 4.38. The molecule has 1 aliphatic carbocycles. The zero-order valence-corrected chi connectivity index (χ0v) is 23.5. The molecule has 1 saturated carbocycles. The van der Waals surface area contributed by atoms with E-state index in [1.54, 1.807) is 35.1 Å². The molecule has 2 aromatic carbocycles. The number of nitriles is 3. The smallest absolute Gasteiger partial charge is 0.115 e. The first-order chi connectivity index (χ1) is 19.6. The van der Waals surface area contributed by atoms with E-state index >= 15 is 0 Å². The van der Waals surface area contributed by atoms with Crippen LogP contribution in [0.15, 0.2) is 42.7 Å². The molecule has 0 bridgehead atoms. The van der Waals surface area contributed by atoms with Gasteiger partial charge in [-0.05, 0) is 54.5 Å². The minimum atomic E-state index is -0.657. The molecule has 10 heteroatoms. The zero-order chi connectivity index (χ0) is 29.4. The van der Waals surface area contributed by atoms with Crippen molar-refractivity contribution in [3.8, 4) is 18.2 Å². The number of fused-ring (bicyclic) bond motifs is 1. The van der Waals surface area contributed by atoms with E-state index in [1.807, 2.05) is 13.0 Å². The van der Waals surface area contributed by atoms with E-state index in [9.17, 15) is 20.2 Å². The Bertz CT molecular complexity index is 1760. The van der Waals surface area contributed by atoms with Crippen molar-refractivity contribution in [2.24, 2.45) is 5.41 Å². The number of alkyl halides is 1. The number of pyridine rings is 1. The molecule has 1 atom stereocenters. The second kappa shape index (κ2) is 10.5.